The number of rotatable bonds is 12. The molecule has 208 valence electrons. The fraction of sp³-hybridized carbons (Fsp3) is 0.310. The first-order valence-corrected chi connectivity index (χ1v) is 14.1. The fourth-order valence-electron chi connectivity index (χ4n) is 4.11. The number of sulfonamides is 1. The van der Waals surface area contributed by atoms with E-state index in [4.69, 9.17) is 4.74 Å². The predicted molar refractivity (Wildman–Crippen MR) is 148 cm³/mol. The Kier molecular flexibility index (Phi) is 10.1. The van der Waals surface area contributed by atoms with Gasteiger partial charge in [-0.1, -0.05) is 36.8 Å². The Morgan fingerprint density at radius 2 is 1.56 bits per heavy atom. The van der Waals surface area contributed by atoms with Crippen molar-refractivity contribution >= 4 is 27.5 Å². The van der Waals surface area contributed by atoms with Crippen molar-refractivity contribution < 1.29 is 27.1 Å². The first-order valence-electron chi connectivity index (χ1n) is 12.7. The zero-order valence-corrected chi connectivity index (χ0v) is 23.4. The number of aryl methyl sites for hydroxylation is 1. The van der Waals surface area contributed by atoms with Gasteiger partial charge in [0, 0.05) is 13.6 Å². The minimum Gasteiger partial charge on any atom is -0.494 e. The molecule has 8 nitrogen and oxygen atoms in total. The van der Waals surface area contributed by atoms with Crippen LogP contribution in [-0.2, 0) is 26.2 Å². The molecular weight excluding hydrogens is 521 g/mol. The number of ether oxygens (including phenoxy) is 1. The van der Waals surface area contributed by atoms with Gasteiger partial charge in [-0.2, -0.15) is 0 Å². The molecule has 10 heteroatoms. The molecule has 0 bridgehead atoms. The monoisotopic (exact) mass is 555 g/mol. The van der Waals surface area contributed by atoms with Crippen molar-refractivity contribution in [1.29, 1.82) is 0 Å². The summed E-state index contributed by atoms with van der Waals surface area (Å²) in [5.41, 5.74) is 1.83. The van der Waals surface area contributed by atoms with Gasteiger partial charge in [0.25, 0.3) is 10.0 Å². The lowest BCUT2D eigenvalue weighted by Gasteiger charge is -2.33. The van der Waals surface area contributed by atoms with E-state index in [-0.39, 0.29) is 17.3 Å². The predicted octanol–water partition coefficient (Wildman–Crippen LogP) is 4.28. The molecule has 1 N–H and O–H groups in total. The number of hydrogen-bond donors (Lipinski definition) is 1. The summed E-state index contributed by atoms with van der Waals surface area (Å²) in [6, 6.07) is 17.5. The second kappa shape index (κ2) is 13.2. The summed E-state index contributed by atoms with van der Waals surface area (Å²) < 4.78 is 47.7. The fourth-order valence-corrected chi connectivity index (χ4v) is 5.53. The van der Waals surface area contributed by atoms with Crippen LogP contribution in [0.15, 0.2) is 77.7 Å². The molecule has 0 spiro atoms. The second-order valence-electron chi connectivity index (χ2n) is 8.94. The Labute approximate surface area is 229 Å². The molecule has 0 radical (unpaired) electrons. The van der Waals surface area contributed by atoms with E-state index in [9.17, 15) is 22.4 Å². The Bertz CT molecular complexity index is 1360. The third-order valence-corrected chi connectivity index (χ3v) is 8.01. The maximum absolute atomic E-state index is 13.9. The Balaban J connectivity index is 2.03. The number of carbonyl (C=O) groups excluding carboxylic acids is 2. The van der Waals surface area contributed by atoms with E-state index in [0.29, 0.717) is 30.0 Å². The summed E-state index contributed by atoms with van der Waals surface area (Å²) >= 11 is 0. The molecule has 0 aliphatic rings. The molecule has 0 saturated carbocycles. The molecule has 0 aromatic heterocycles. The van der Waals surface area contributed by atoms with Gasteiger partial charge >= 0.3 is 0 Å². The van der Waals surface area contributed by atoms with Gasteiger partial charge in [-0.15, -0.1) is 0 Å². The average Bonchev–Trinajstić information content (AvgIpc) is 2.93. The van der Waals surface area contributed by atoms with Crippen LogP contribution in [0.5, 0.6) is 5.75 Å². The van der Waals surface area contributed by atoms with Gasteiger partial charge in [-0.05, 0) is 74.4 Å². The molecule has 3 aromatic carbocycles. The molecule has 1 atom stereocenters. The van der Waals surface area contributed by atoms with Crippen LogP contribution in [0, 0.1) is 12.7 Å². The van der Waals surface area contributed by atoms with Crippen LogP contribution in [0.25, 0.3) is 0 Å². The Hall–Kier alpha value is -3.92. The molecule has 0 aliphatic heterocycles. The van der Waals surface area contributed by atoms with Crippen LogP contribution < -0.4 is 14.4 Å². The van der Waals surface area contributed by atoms with Gasteiger partial charge < -0.3 is 15.0 Å². The molecular formula is C29H34FN3O5S. The van der Waals surface area contributed by atoms with Gasteiger partial charge in [-0.25, -0.2) is 12.8 Å². The highest BCUT2D eigenvalue weighted by Crippen LogP contribution is 2.26. The number of hydrogen-bond acceptors (Lipinski definition) is 5. The summed E-state index contributed by atoms with van der Waals surface area (Å²) in [7, 11) is -2.71. The molecule has 0 fully saturated rings. The third kappa shape index (κ3) is 7.35. The van der Waals surface area contributed by atoms with Crippen molar-refractivity contribution in [3.8, 4) is 5.75 Å². The molecule has 0 aliphatic carbocycles. The van der Waals surface area contributed by atoms with Gasteiger partial charge in [0.15, 0.2) is 0 Å². The maximum Gasteiger partial charge on any atom is 0.264 e. The lowest BCUT2D eigenvalue weighted by Crippen LogP contribution is -2.51. The van der Waals surface area contributed by atoms with Gasteiger partial charge in [0.2, 0.25) is 11.8 Å². The highest BCUT2D eigenvalue weighted by Gasteiger charge is 2.33. The van der Waals surface area contributed by atoms with E-state index in [2.05, 4.69) is 5.32 Å². The van der Waals surface area contributed by atoms with Crippen molar-refractivity contribution in [3.05, 3.63) is 89.7 Å². The zero-order chi connectivity index (χ0) is 28.6. The lowest BCUT2D eigenvalue weighted by molar-refractivity contribution is -0.140. The Morgan fingerprint density at radius 1 is 0.949 bits per heavy atom. The van der Waals surface area contributed by atoms with Crippen molar-refractivity contribution in [1.82, 2.24) is 10.2 Å². The van der Waals surface area contributed by atoms with E-state index in [1.807, 2.05) is 13.8 Å². The number of anilines is 1. The summed E-state index contributed by atoms with van der Waals surface area (Å²) in [6.07, 6.45) is 0.294. The first kappa shape index (κ1) is 29.6. The molecule has 0 heterocycles. The highest BCUT2D eigenvalue weighted by molar-refractivity contribution is 7.92. The summed E-state index contributed by atoms with van der Waals surface area (Å²) in [6.45, 7) is 5.35. The summed E-state index contributed by atoms with van der Waals surface area (Å²) in [5.74, 6) is -0.868. The van der Waals surface area contributed by atoms with E-state index in [1.54, 1.807) is 43.3 Å². The van der Waals surface area contributed by atoms with Crippen LogP contribution in [-0.4, -0.2) is 51.4 Å². The molecule has 3 aromatic rings. The van der Waals surface area contributed by atoms with E-state index in [1.165, 1.54) is 48.3 Å². The second-order valence-corrected chi connectivity index (χ2v) is 10.8. The lowest BCUT2D eigenvalue weighted by atomic mass is 10.1. The molecule has 3 rings (SSSR count). The van der Waals surface area contributed by atoms with Crippen molar-refractivity contribution in [3.63, 3.8) is 0 Å². The Morgan fingerprint density at radius 3 is 2.10 bits per heavy atom. The maximum atomic E-state index is 13.9. The largest absolute Gasteiger partial charge is 0.494 e. The van der Waals surface area contributed by atoms with Crippen LogP contribution in [0.4, 0.5) is 10.1 Å². The SMILES string of the molecule is CCOc1ccc(S(=O)(=O)N(CC(=O)N(Cc2ccc(F)cc2)[C@@H](CC)C(=O)NC)c2ccc(C)cc2)cc1. The molecule has 0 unspecified atom stereocenters. The standard InChI is InChI=1S/C29H34FN3O5S/c1-5-27(29(35)31-4)32(19-22-9-11-23(30)12-10-22)28(34)20-33(24-13-7-21(3)8-14-24)39(36,37)26-17-15-25(16-18-26)38-6-2/h7-18,27H,5-6,19-20H2,1-4H3,(H,31,35)/t27-/m0/s1. The topological polar surface area (TPSA) is 96.0 Å². The number of carbonyl (C=O) groups is 2. The number of nitrogens with one attached hydrogen (secondary N) is 1. The van der Waals surface area contributed by atoms with Gasteiger partial charge in [-0.3, -0.25) is 13.9 Å². The van der Waals surface area contributed by atoms with Gasteiger partial charge in [0.05, 0.1) is 17.2 Å². The number of amides is 2. The average molecular weight is 556 g/mol. The van der Waals surface area contributed by atoms with E-state index in [0.717, 1.165) is 9.87 Å². The zero-order valence-electron chi connectivity index (χ0n) is 22.6. The van der Waals surface area contributed by atoms with Crippen LogP contribution >= 0.6 is 0 Å². The quantitative estimate of drug-likeness (QED) is 0.360. The number of likely N-dealkylation sites (N-methyl/N-ethyl adjacent to an activating group) is 1. The molecule has 0 saturated heterocycles. The minimum atomic E-state index is -4.18. The summed E-state index contributed by atoms with van der Waals surface area (Å²) in [5, 5.41) is 2.57. The number of nitrogens with zero attached hydrogens (tertiary/aromatic N) is 2. The van der Waals surface area contributed by atoms with Crippen molar-refractivity contribution in [2.45, 2.75) is 44.7 Å². The van der Waals surface area contributed by atoms with Gasteiger partial charge in [0.1, 0.15) is 24.2 Å². The smallest absolute Gasteiger partial charge is 0.264 e. The molecule has 2 amide bonds. The van der Waals surface area contributed by atoms with Crippen LogP contribution in [0.2, 0.25) is 0 Å². The summed E-state index contributed by atoms with van der Waals surface area (Å²) in [4.78, 5) is 27.9. The molecule has 39 heavy (non-hydrogen) atoms. The van der Waals surface area contributed by atoms with Crippen LogP contribution in [0.3, 0.4) is 0 Å². The van der Waals surface area contributed by atoms with Crippen molar-refractivity contribution in [2.75, 3.05) is 24.5 Å². The van der Waals surface area contributed by atoms with Crippen molar-refractivity contribution in [2.24, 2.45) is 0 Å². The van der Waals surface area contributed by atoms with E-state index >= 15 is 0 Å². The van der Waals surface area contributed by atoms with Crippen LogP contribution in [0.1, 0.15) is 31.4 Å². The first-order chi connectivity index (χ1) is 18.6. The number of halogens is 1. The number of benzene rings is 3. The minimum absolute atomic E-state index is 0.00409. The normalized spacial score (nSPS) is 11.9. The third-order valence-electron chi connectivity index (χ3n) is 6.22. The van der Waals surface area contributed by atoms with E-state index < -0.39 is 34.3 Å². The highest BCUT2D eigenvalue weighted by atomic mass is 32.2.